The van der Waals surface area contributed by atoms with Crippen molar-refractivity contribution in [1.29, 1.82) is 0 Å². The Labute approximate surface area is 240 Å². The van der Waals surface area contributed by atoms with Gasteiger partial charge in [0.05, 0.1) is 17.7 Å². The number of likely N-dealkylation sites (tertiary alicyclic amines) is 1. The lowest BCUT2D eigenvalue weighted by atomic mass is 10.0. The van der Waals surface area contributed by atoms with Gasteiger partial charge in [-0.25, -0.2) is 15.0 Å². The summed E-state index contributed by atoms with van der Waals surface area (Å²) in [6, 6.07) is 16.8. The van der Waals surface area contributed by atoms with Crippen LogP contribution in [0, 0.1) is 6.92 Å². The maximum Gasteiger partial charge on any atom is 0.416 e. The van der Waals surface area contributed by atoms with Crippen LogP contribution in [-0.4, -0.2) is 44.9 Å². The average molecular weight is 581 g/mol. The van der Waals surface area contributed by atoms with E-state index in [9.17, 15) is 18.0 Å². The summed E-state index contributed by atoms with van der Waals surface area (Å²) in [7, 11) is 0. The number of carbonyl (C=O) groups is 1. The lowest BCUT2D eigenvalue weighted by Gasteiger charge is -2.32. The highest BCUT2D eigenvalue weighted by atomic mass is 35.5. The standard InChI is InChI=1S/C30H28ClF3N6O/c1-19-14-25(38-28(15-19)39-27-17-22(8-11-35-27)30(32,33)34)21-4-7-26(36-18-21)37-24-9-12-40(13-10-24)29(41)16-20-2-5-23(31)6-3-20/h2-8,11,14-15,17-18,24H,9-10,12-13,16H2,1H3,(H,36,37)(H,35,38,39). The first-order chi connectivity index (χ1) is 19.6. The van der Waals surface area contributed by atoms with E-state index in [1.54, 1.807) is 24.4 Å². The molecular formula is C30H28ClF3N6O. The highest BCUT2D eigenvalue weighted by Crippen LogP contribution is 2.31. The zero-order valence-corrected chi connectivity index (χ0v) is 23.0. The number of nitrogens with one attached hydrogen (secondary N) is 2. The Morgan fingerprint density at radius 3 is 2.41 bits per heavy atom. The lowest BCUT2D eigenvalue weighted by molar-refractivity contribution is -0.137. The topological polar surface area (TPSA) is 83.0 Å². The predicted octanol–water partition coefficient (Wildman–Crippen LogP) is 6.91. The fraction of sp³-hybridized carbons (Fsp3) is 0.267. The van der Waals surface area contributed by atoms with Crippen LogP contribution in [0.15, 0.2) is 73.1 Å². The van der Waals surface area contributed by atoms with Gasteiger partial charge < -0.3 is 15.5 Å². The molecule has 1 aliphatic heterocycles. The molecule has 0 radical (unpaired) electrons. The lowest BCUT2D eigenvalue weighted by Crippen LogP contribution is -2.43. The number of pyridine rings is 3. The van der Waals surface area contributed by atoms with Gasteiger partial charge in [-0.05, 0) is 79.4 Å². The molecule has 1 aromatic carbocycles. The SMILES string of the molecule is Cc1cc(Nc2cc(C(F)(F)F)ccn2)nc(-c2ccc(NC3CCN(C(=O)Cc4ccc(Cl)cc4)CC3)nc2)c1. The van der Waals surface area contributed by atoms with Gasteiger partial charge in [-0.15, -0.1) is 0 Å². The van der Waals surface area contributed by atoms with Gasteiger partial charge >= 0.3 is 6.18 Å². The molecule has 4 heterocycles. The Balaban J connectivity index is 1.17. The second-order valence-electron chi connectivity index (χ2n) is 10.0. The summed E-state index contributed by atoms with van der Waals surface area (Å²) in [6.45, 7) is 3.23. The van der Waals surface area contributed by atoms with Crippen molar-refractivity contribution in [3.8, 4) is 11.3 Å². The summed E-state index contributed by atoms with van der Waals surface area (Å²) < 4.78 is 39.2. The summed E-state index contributed by atoms with van der Waals surface area (Å²) >= 11 is 5.93. The molecule has 0 atom stereocenters. The second-order valence-corrected chi connectivity index (χ2v) is 10.4. The minimum Gasteiger partial charge on any atom is -0.367 e. The van der Waals surface area contributed by atoms with Crippen LogP contribution in [0.25, 0.3) is 11.3 Å². The normalized spacial score (nSPS) is 14.1. The van der Waals surface area contributed by atoms with Crippen LogP contribution in [0.4, 0.5) is 30.6 Å². The van der Waals surface area contributed by atoms with E-state index in [2.05, 4.69) is 25.6 Å². The fourth-order valence-corrected chi connectivity index (χ4v) is 4.81. The number of nitrogens with zero attached hydrogens (tertiary/aromatic N) is 4. The van der Waals surface area contributed by atoms with E-state index in [0.29, 0.717) is 36.0 Å². The van der Waals surface area contributed by atoms with E-state index in [-0.39, 0.29) is 17.8 Å². The van der Waals surface area contributed by atoms with Gasteiger partial charge in [0.2, 0.25) is 5.91 Å². The molecule has 212 valence electrons. The van der Waals surface area contributed by atoms with Crippen molar-refractivity contribution >= 4 is 35.0 Å². The molecule has 5 rings (SSSR count). The molecule has 41 heavy (non-hydrogen) atoms. The van der Waals surface area contributed by atoms with Crippen molar-refractivity contribution in [2.75, 3.05) is 23.7 Å². The minimum atomic E-state index is -4.46. The number of hydrogen-bond acceptors (Lipinski definition) is 6. The smallest absolute Gasteiger partial charge is 0.367 e. The van der Waals surface area contributed by atoms with Crippen molar-refractivity contribution in [1.82, 2.24) is 19.9 Å². The Morgan fingerprint density at radius 1 is 0.976 bits per heavy atom. The largest absolute Gasteiger partial charge is 0.416 e. The highest BCUT2D eigenvalue weighted by molar-refractivity contribution is 6.30. The maximum absolute atomic E-state index is 13.1. The number of carbonyl (C=O) groups excluding carboxylic acids is 1. The van der Waals surface area contributed by atoms with Crippen molar-refractivity contribution in [2.24, 2.45) is 0 Å². The van der Waals surface area contributed by atoms with E-state index >= 15 is 0 Å². The third kappa shape index (κ3) is 7.52. The zero-order chi connectivity index (χ0) is 29.0. The van der Waals surface area contributed by atoms with Crippen molar-refractivity contribution < 1.29 is 18.0 Å². The molecule has 0 unspecified atom stereocenters. The number of amides is 1. The molecule has 7 nitrogen and oxygen atoms in total. The number of piperidine rings is 1. The molecule has 1 aliphatic rings. The van der Waals surface area contributed by atoms with Crippen LogP contribution >= 0.6 is 11.6 Å². The van der Waals surface area contributed by atoms with Gasteiger partial charge in [0.1, 0.15) is 17.5 Å². The highest BCUT2D eigenvalue weighted by Gasteiger charge is 2.30. The van der Waals surface area contributed by atoms with E-state index in [4.69, 9.17) is 11.6 Å². The summed E-state index contributed by atoms with van der Waals surface area (Å²) in [5, 5.41) is 6.97. The Hall–Kier alpha value is -4.18. The summed E-state index contributed by atoms with van der Waals surface area (Å²) in [4.78, 5) is 27.7. The van der Waals surface area contributed by atoms with E-state index < -0.39 is 11.7 Å². The molecule has 4 aromatic rings. The number of aromatic nitrogens is 3. The molecule has 1 fully saturated rings. The average Bonchev–Trinajstić information content (AvgIpc) is 2.94. The second kappa shape index (κ2) is 12.1. The van der Waals surface area contributed by atoms with Crippen LogP contribution < -0.4 is 10.6 Å². The van der Waals surface area contributed by atoms with E-state index in [1.165, 1.54) is 0 Å². The van der Waals surface area contributed by atoms with Gasteiger partial charge in [-0.2, -0.15) is 13.2 Å². The molecule has 0 bridgehead atoms. The van der Waals surface area contributed by atoms with Crippen LogP contribution in [-0.2, 0) is 17.4 Å². The molecule has 0 aliphatic carbocycles. The van der Waals surface area contributed by atoms with Gasteiger partial charge in [0.15, 0.2) is 0 Å². The number of hydrogen-bond donors (Lipinski definition) is 2. The molecule has 0 spiro atoms. The molecule has 3 aromatic heterocycles. The van der Waals surface area contributed by atoms with E-state index in [1.807, 2.05) is 42.2 Å². The number of alkyl halides is 3. The van der Waals surface area contributed by atoms with Crippen LogP contribution in [0.1, 0.15) is 29.5 Å². The van der Waals surface area contributed by atoms with Gasteiger partial charge in [-0.1, -0.05) is 23.7 Å². The minimum absolute atomic E-state index is 0.0549. The Bertz CT molecular complexity index is 1500. The first kappa shape index (κ1) is 28.4. The van der Waals surface area contributed by atoms with Gasteiger partial charge in [0.25, 0.3) is 0 Å². The summed E-state index contributed by atoms with van der Waals surface area (Å²) in [5.74, 6) is 1.26. The number of halogens is 4. The molecule has 1 amide bonds. The number of aryl methyl sites for hydroxylation is 1. The van der Waals surface area contributed by atoms with Crippen molar-refractivity contribution in [3.63, 3.8) is 0 Å². The number of rotatable bonds is 7. The first-order valence-electron chi connectivity index (χ1n) is 13.2. The third-order valence-electron chi connectivity index (χ3n) is 6.84. The summed E-state index contributed by atoms with van der Waals surface area (Å²) in [6.07, 6.45) is 0.348. The first-order valence-corrected chi connectivity index (χ1v) is 13.5. The van der Waals surface area contributed by atoms with E-state index in [0.717, 1.165) is 53.7 Å². The fourth-order valence-electron chi connectivity index (χ4n) is 4.69. The number of benzene rings is 1. The van der Waals surface area contributed by atoms with Gasteiger partial charge in [-0.3, -0.25) is 4.79 Å². The molecule has 0 saturated carbocycles. The third-order valence-corrected chi connectivity index (χ3v) is 7.09. The molecule has 1 saturated heterocycles. The predicted molar refractivity (Wildman–Crippen MR) is 153 cm³/mol. The van der Waals surface area contributed by atoms with Crippen LogP contribution in [0.2, 0.25) is 5.02 Å². The van der Waals surface area contributed by atoms with Crippen LogP contribution in [0.5, 0.6) is 0 Å². The Kier molecular flexibility index (Phi) is 8.39. The molecular weight excluding hydrogens is 553 g/mol. The van der Waals surface area contributed by atoms with Crippen LogP contribution in [0.3, 0.4) is 0 Å². The van der Waals surface area contributed by atoms with Crippen molar-refractivity contribution in [2.45, 2.75) is 38.4 Å². The van der Waals surface area contributed by atoms with Crippen molar-refractivity contribution in [3.05, 3.63) is 94.8 Å². The quantitative estimate of drug-likeness (QED) is 0.247. The zero-order valence-electron chi connectivity index (χ0n) is 22.3. The molecule has 2 N–H and O–H groups in total. The summed E-state index contributed by atoms with van der Waals surface area (Å²) in [5.41, 5.74) is 2.43. The maximum atomic E-state index is 13.1. The van der Waals surface area contributed by atoms with Gasteiger partial charge in [0, 0.05) is 42.1 Å². The molecule has 11 heteroatoms. The Morgan fingerprint density at radius 2 is 1.73 bits per heavy atom. The monoisotopic (exact) mass is 580 g/mol. The number of anilines is 3.